The van der Waals surface area contributed by atoms with Crippen LogP contribution in [-0.4, -0.2) is 42.9 Å². The second kappa shape index (κ2) is 5.02. The van der Waals surface area contributed by atoms with Gasteiger partial charge in [0.15, 0.2) is 9.84 Å². The number of hydrogen-bond donors (Lipinski definition) is 1. The summed E-state index contributed by atoms with van der Waals surface area (Å²) in [7, 11) is -3.34. The van der Waals surface area contributed by atoms with E-state index in [2.05, 4.69) is 0 Å². The molecule has 1 rings (SSSR count). The number of amides is 1. The molecular weight excluding hydrogens is 242 g/mol. The maximum Gasteiger partial charge on any atom is 0.241 e. The topological polar surface area (TPSA) is 104 Å². The molecule has 3 atom stereocenters. The van der Waals surface area contributed by atoms with Crippen LogP contribution in [0.1, 0.15) is 20.3 Å². The minimum Gasteiger partial charge on any atom is -0.320 e. The summed E-state index contributed by atoms with van der Waals surface area (Å²) in [6, 6.07) is 0.186. The molecule has 96 valence electrons. The Labute approximate surface area is 101 Å². The fraction of sp³-hybridized carbons (Fsp3) is 0.800. The molecule has 1 saturated heterocycles. The lowest BCUT2D eigenvalue weighted by molar-refractivity contribution is -0.133. The van der Waals surface area contributed by atoms with E-state index in [4.69, 9.17) is 11.0 Å². The fourth-order valence-electron chi connectivity index (χ4n) is 1.70. The van der Waals surface area contributed by atoms with Crippen molar-refractivity contribution in [1.29, 1.82) is 5.26 Å². The van der Waals surface area contributed by atoms with Crippen molar-refractivity contribution >= 4 is 15.7 Å². The summed E-state index contributed by atoms with van der Waals surface area (Å²) in [5.74, 6) is -1.17. The molecule has 0 radical (unpaired) electrons. The Kier molecular flexibility index (Phi) is 4.11. The van der Waals surface area contributed by atoms with E-state index < -0.39 is 33.7 Å². The van der Waals surface area contributed by atoms with Crippen LogP contribution in [0.4, 0.5) is 0 Å². The molecule has 0 aliphatic carbocycles. The molecule has 6 nitrogen and oxygen atoms in total. The van der Waals surface area contributed by atoms with Gasteiger partial charge in [0, 0.05) is 0 Å². The standard InChI is InChI=1S/C10H17N3O3S/c1-3-7(2)9(12)10(14)13-6-17(15,16)5-8(13)4-11/h7-9H,3,5-6,12H2,1-2H3/t7?,8-,9+/m1/s1. The van der Waals surface area contributed by atoms with Crippen molar-refractivity contribution in [2.45, 2.75) is 32.4 Å². The van der Waals surface area contributed by atoms with E-state index >= 15 is 0 Å². The van der Waals surface area contributed by atoms with Crippen LogP contribution in [0.25, 0.3) is 0 Å². The molecule has 0 aromatic carbocycles. The number of carbonyl (C=O) groups is 1. The number of hydrogen-bond acceptors (Lipinski definition) is 5. The molecule has 0 saturated carbocycles. The number of nitrogens with two attached hydrogens (primary N) is 1. The van der Waals surface area contributed by atoms with Crippen LogP contribution >= 0.6 is 0 Å². The Hall–Kier alpha value is -1.13. The lowest BCUT2D eigenvalue weighted by Crippen LogP contribution is -2.49. The maximum atomic E-state index is 12.0. The van der Waals surface area contributed by atoms with Gasteiger partial charge in [0.05, 0.1) is 17.9 Å². The van der Waals surface area contributed by atoms with E-state index in [1.807, 2.05) is 19.9 Å². The Bertz CT molecular complexity index is 440. The van der Waals surface area contributed by atoms with Crippen molar-refractivity contribution in [3.63, 3.8) is 0 Å². The summed E-state index contributed by atoms with van der Waals surface area (Å²) < 4.78 is 22.8. The predicted octanol–water partition coefficient (Wildman–Crippen LogP) is -0.534. The summed E-state index contributed by atoms with van der Waals surface area (Å²) in [4.78, 5) is 13.1. The van der Waals surface area contributed by atoms with Gasteiger partial charge in [-0.15, -0.1) is 0 Å². The lowest BCUT2D eigenvalue weighted by Gasteiger charge is -2.25. The molecular formula is C10H17N3O3S. The molecule has 0 aromatic rings. The van der Waals surface area contributed by atoms with Crippen LogP contribution in [0.5, 0.6) is 0 Å². The first kappa shape index (κ1) is 13.9. The van der Waals surface area contributed by atoms with Gasteiger partial charge in [0.25, 0.3) is 0 Å². The number of nitriles is 1. The van der Waals surface area contributed by atoms with E-state index in [1.54, 1.807) is 0 Å². The molecule has 1 aliphatic heterocycles. The van der Waals surface area contributed by atoms with E-state index in [0.29, 0.717) is 0 Å². The van der Waals surface area contributed by atoms with Gasteiger partial charge < -0.3 is 10.6 Å². The largest absolute Gasteiger partial charge is 0.320 e. The van der Waals surface area contributed by atoms with Gasteiger partial charge >= 0.3 is 0 Å². The second-order valence-corrected chi connectivity index (χ2v) is 6.48. The minimum absolute atomic E-state index is 0.0369. The van der Waals surface area contributed by atoms with Crippen LogP contribution in [0.2, 0.25) is 0 Å². The van der Waals surface area contributed by atoms with Crippen LogP contribution in [-0.2, 0) is 14.6 Å². The highest BCUT2D eigenvalue weighted by Crippen LogP contribution is 2.18. The molecule has 0 bridgehead atoms. The zero-order valence-electron chi connectivity index (χ0n) is 9.96. The smallest absolute Gasteiger partial charge is 0.241 e. The van der Waals surface area contributed by atoms with Crippen molar-refractivity contribution in [1.82, 2.24) is 4.90 Å². The number of rotatable bonds is 3. The van der Waals surface area contributed by atoms with Gasteiger partial charge in [0.1, 0.15) is 11.9 Å². The van der Waals surface area contributed by atoms with Gasteiger partial charge in [-0.2, -0.15) is 5.26 Å². The van der Waals surface area contributed by atoms with Crippen LogP contribution < -0.4 is 5.73 Å². The summed E-state index contributed by atoms with van der Waals surface area (Å²) in [6.07, 6.45) is 0.727. The summed E-state index contributed by atoms with van der Waals surface area (Å²) in [5.41, 5.74) is 5.76. The highest BCUT2D eigenvalue weighted by atomic mass is 32.2. The third-order valence-electron chi connectivity index (χ3n) is 3.10. The molecule has 1 aliphatic rings. The molecule has 7 heteroatoms. The van der Waals surface area contributed by atoms with E-state index in [9.17, 15) is 13.2 Å². The molecule has 17 heavy (non-hydrogen) atoms. The van der Waals surface area contributed by atoms with Crippen molar-refractivity contribution < 1.29 is 13.2 Å². The second-order valence-electron chi connectivity index (χ2n) is 4.40. The van der Waals surface area contributed by atoms with Crippen molar-refractivity contribution in [3.8, 4) is 6.07 Å². The summed E-state index contributed by atoms with van der Waals surface area (Å²) in [5, 5.41) is 8.85. The van der Waals surface area contributed by atoms with Gasteiger partial charge in [-0.1, -0.05) is 20.3 Å². The Morgan fingerprint density at radius 3 is 2.71 bits per heavy atom. The van der Waals surface area contributed by atoms with Crippen LogP contribution in [0.3, 0.4) is 0 Å². The SMILES string of the molecule is CCC(C)[C@H](N)C(=O)N1CS(=O)(=O)C[C@H]1C#N. The summed E-state index contributed by atoms with van der Waals surface area (Å²) in [6.45, 7) is 3.73. The first-order valence-electron chi connectivity index (χ1n) is 5.48. The fourth-order valence-corrected chi connectivity index (χ4v) is 3.27. The monoisotopic (exact) mass is 259 g/mol. The van der Waals surface area contributed by atoms with Gasteiger partial charge in [-0.05, 0) is 5.92 Å². The molecule has 1 heterocycles. The van der Waals surface area contributed by atoms with E-state index in [-0.39, 0.29) is 11.7 Å². The highest BCUT2D eigenvalue weighted by Gasteiger charge is 2.40. The molecule has 1 unspecified atom stereocenters. The predicted molar refractivity (Wildman–Crippen MR) is 62.3 cm³/mol. The van der Waals surface area contributed by atoms with Crippen LogP contribution in [0, 0.1) is 17.2 Å². The van der Waals surface area contributed by atoms with Crippen molar-refractivity contribution in [2.75, 3.05) is 11.6 Å². The van der Waals surface area contributed by atoms with E-state index in [0.717, 1.165) is 11.3 Å². The van der Waals surface area contributed by atoms with Crippen molar-refractivity contribution in [3.05, 3.63) is 0 Å². The Balaban J connectivity index is 2.86. The van der Waals surface area contributed by atoms with Crippen molar-refractivity contribution in [2.24, 2.45) is 11.7 Å². The first-order valence-corrected chi connectivity index (χ1v) is 7.30. The number of carbonyl (C=O) groups excluding carboxylic acids is 1. The molecule has 2 N–H and O–H groups in total. The normalized spacial score (nSPS) is 26.2. The maximum absolute atomic E-state index is 12.0. The molecule has 0 aromatic heterocycles. The average molecular weight is 259 g/mol. The third kappa shape index (κ3) is 2.96. The highest BCUT2D eigenvalue weighted by molar-refractivity contribution is 7.91. The van der Waals surface area contributed by atoms with Gasteiger partial charge in [-0.3, -0.25) is 4.79 Å². The number of nitrogens with zero attached hydrogens (tertiary/aromatic N) is 2. The van der Waals surface area contributed by atoms with E-state index in [1.165, 1.54) is 0 Å². The first-order chi connectivity index (χ1) is 7.82. The summed E-state index contributed by atoms with van der Waals surface area (Å²) >= 11 is 0. The Morgan fingerprint density at radius 2 is 2.24 bits per heavy atom. The van der Waals surface area contributed by atoms with Gasteiger partial charge in [0.2, 0.25) is 5.91 Å². The Morgan fingerprint density at radius 1 is 1.65 bits per heavy atom. The average Bonchev–Trinajstić information content (AvgIpc) is 2.61. The minimum atomic E-state index is -3.34. The zero-order valence-corrected chi connectivity index (χ0v) is 10.8. The molecule has 0 spiro atoms. The lowest BCUT2D eigenvalue weighted by atomic mass is 9.99. The molecule has 1 amide bonds. The van der Waals surface area contributed by atoms with Gasteiger partial charge in [-0.25, -0.2) is 8.42 Å². The van der Waals surface area contributed by atoms with Crippen LogP contribution in [0.15, 0.2) is 0 Å². The molecule has 1 fully saturated rings. The third-order valence-corrected chi connectivity index (χ3v) is 4.59. The zero-order chi connectivity index (χ0) is 13.2. The number of sulfone groups is 1. The quantitative estimate of drug-likeness (QED) is 0.733.